The summed E-state index contributed by atoms with van der Waals surface area (Å²) in [6.07, 6.45) is -6.96. The van der Waals surface area contributed by atoms with E-state index in [9.17, 15) is 22.8 Å². The second-order valence-corrected chi connectivity index (χ2v) is 6.04. The molecule has 0 aromatic heterocycles. The van der Waals surface area contributed by atoms with E-state index in [1.165, 1.54) is 6.92 Å². The lowest BCUT2D eigenvalue weighted by atomic mass is 10.1. The molecule has 0 aliphatic carbocycles. The molecule has 0 bridgehead atoms. The van der Waals surface area contributed by atoms with Crippen LogP contribution in [0.3, 0.4) is 0 Å². The first-order valence-electron chi connectivity index (χ1n) is 7.77. The Hall–Kier alpha value is -2.29. The van der Waals surface area contributed by atoms with E-state index < -0.39 is 36.0 Å². The molecule has 0 radical (unpaired) electrons. The van der Waals surface area contributed by atoms with Crippen LogP contribution in [0.1, 0.15) is 26.3 Å². The fraction of sp³-hybridized carbons (Fsp3) is 0.529. The molecule has 9 heteroatoms. The van der Waals surface area contributed by atoms with Gasteiger partial charge in [0, 0.05) is 0 Å². The van der Waals surface area contributed by atoms with Gasteiger partial charge in [0.05, 0.1) is 13.2 Å². The zero-order valence-electron chi connectivity index (χ0n) is 14.9. The van der Waals surface area contributed by atoms with Crippen LogP contribution in [-0.4, -0.2) is 43.1 Å². The first kappa shape index (κ1) is 21.8. The maximum absolute atomic E-state index is 13.0. The number of methoxy groups -OCH3 is 1. The quantitative estimate of drug-likeness (QED) is 0.739. The fourth-order valence-corrected chi connectivity index (χ4v) is 1.99. The maximum Gasteiger partial charge on any atom is 0.416 e. The maximum atomic E-state index is 13.0. The van der Waals surface area contributed by atoms with Crippen molar-refractivity contribution >= 4 is 12.1 Å². The van der Waals surface area contributed by atoms with Gasteiger partial charge >= 0.3 is 18.2 Å². The Morgan fingerprint density at radius 3 is 2.23 bits per heavy atom. The molecule has 0 spiro atoms. The van der Waals surface area contributed by atoms with E-state index in [4.69, 9.17) is 9.47 Å². The Bertz CT molecular complexity index is 604. The van der Waals surface area contributed by atoms with Gasteiger partial charge in [-0.2, -0.15) is 13.2 Å². The summed E-state index contributed by atoms with van der Waals surface area (Å²) in [5, 5.41) is 2.18. The van der Waals surface area contributed by atoms with Gasteiger partial charge < -0.3 is 19.5 Å². The monoisotopic (exact) mass is 377 g/mol. The minimum atomic E-state index is -4.66. The van der Waals surface area contributed by atoms with E-state index in [1.54, 1.807) is 30.3 Å². The molecule has 2 atom stereocenters. The molecular formula is C17H22F3NO5. The second-order valence-electron chi connectivity index (χ2n) is 6.04. The molecule has 6 nitrogen and oxygen atoms in total. The Morgan fingerprint density at radius 2 is 1.73 bits per heavy atom. The van der Waals surface area contributed by atoms with Gasteiger partial charge in [0.15, 0.2) is 11.6 Å². The van der Waals surface area contributed by atoms with E-state index in [2.05, 4.69) is 10.1 Å². The second kappa shape index (κ2) is 8.88. The predicted molar refractivity (Wildman–Crippen MR) is 86.2 cm³/mol. The molecule has 26 heavy (non-hydrogen) atoms. The van der Waals surface area contributed by atoms with Gasteiger partial charge in [0.25, 0.3) is 0 Å². The van der Waals surface area contributed by atoms with Crippen molar-refractivity contribution in [3.8, 4) is 0 Å². The topological polar surface area (TPSA) is 73.9 Å². The van der Waals surface area contributed by atoms with Crippen LogP contribution in [0.5, 0.6) is 0 Å². The van der Waals surface area contributed by atoms with E-state index in [1.807, 2.05) is 0 Å². The smallest absolute Gasteiger partial charge is 0.416 e. The van der Waals surface area contributed by atoms with Gasteiger partial charge in [0.1, 0.15) is 6.61 Å². The van der Waals surface area contributed by atoms with Crippen molar-refractivity contribution in [3.05, 3.63) is 35.9 Å². The van der Waals surface area contributed by atoms with Crippen LogP contribution in [-0.2, 0) is 25.6 Å². The lowest BCUT2D eigenvalue weighted by Gasteiger charge is -2.33. The number of alkyl carbamates (subject to hydrolysis) is 1. The highest BCUT2D eigenvalue weighted by atomic mass is 19.4. The van der Waals surface area contributed by atoms with Crippen molar-refractivity contribution in [2.24, 2.45) is 0 Å². The number of carbonyl (C=O) groups is 2. The molecule has 1 amide bonds. The van der Waals surface area contributed by atoms with Crippen LogP contribution >= 0.6 is 0 Å². The summed E-state index contributed by atoms with van der Waals surface area (Å²) in [5.41, 5.74) is -1.81. The Labute approximate surface area is 149 Å². The Kier molecular flexibility index (Phi) is 7.43. The minimum absolute atomic E-state index is 0.0656. The van der Waals surface area contributed by atoms with Crippen LogP contribution in [0.25, 0.3) is 0 Å². The summed E-state index contributed by atoms with van der Waals surface area (Å²) in [6.45, 7) is 2.81. The number of alkyl halides is 3. The standard InChI is InChI=1S/C17H22F3NO5/c1-11(26-16(2,3)17(18,19)20)13(14(22)24-4)21-15(23)25-10-12-8-6-5-7-9-12/h5-9,11,13H,10H2,1-4H3,(H,21,23)/t11-,13+/m1/s1. The lowest BCUT2D eigenvalue weighted by molar-refractivity contribution is -0.277. The van der Waals surface area contributed by atoms with Crippen molar-refractivity contribution in [1.82, 2.24) is 5.32 Å². The molecule has 0 saturated carbocycles. The van der Waals surface area contributed by atoms with Crippen LogP contribution in [0.2, 0.25) is 0 Å². The highest BCUT2D eigenvalue weighted by Gasteiger charge is 2.50. The van der Waals surface area contributed by atoms with Crippen LogP contribution in [0.4, 0.5) is 18.0 Å². The van der Waals surface area contributed by atoms with Gasteiger partial charge in [-0.1, -0.05) is 30.3 Å². The zero-order chi connectivity index (χ0) is 20.0. The molecule has 1 N–H and O–H groups in total. The number of carbonyl (C=O) groups excluding carboxylic acids is 2. The van der Waals surface area contributed by atoms with Crippen LogP contribution in [0, 0.1) is 0 Å². The average molecular weight is 377 g/mol. The van der Waals surface area contributed by atoms with Gasteiger partial charge in [-0.25, -0.2) is 9.59 Å². The SMILES string of the molecule is COC(=O)[C@@H](NC(=O)OCc1ccccc1)[C@@H](C)OC(C)(C)C(F)(F)F. The molecule has 1 rings (SSSR count). The van der Waals surface area contributed by atoms with Crippen LogP contribution in [0.15, 0.2) is 30.3 Å². The summed E-state index contributed by atoms with van der Waals surface area (Å²) >= 11 is 0. The van der Waals surface area contributed by atoms with E-state index in [0.717, 1.165) is 21.0 Å². The first-order valence-corrected chi connectivity index (χ1v) is 7.77. The van der Waals surface area contributed by atoms with Crippen molar-refractivity contribution < 1.29 is 37.0 Å². The van der Waals surface area contributed by atoms with Gasteiger partial charge in [-0.3, -0.25) is 0 Å². The Balaban J connectivity index is 2.74. The number of hydrogen-bond donors (Lipinski definition) is 1. The molecule has 0 heterocycles. The third kappa shape index (κ3) is 6.21. The van der Waals surface area contributed by atoms with Crippen LogP contribution < -0.4 is 5.32 Å². The number of benzene rings is 1. The molecule has 146 valence electrons. The van der Waals surface area contributed by atoms with Gasteiger partial charge in [0.2, 0.25) is 0 Å². The number of hydrogen-bond acceptors (Lipinski definition) is 5. The van der Waals surface area contributed by atoms with Crippen molar-refractivity contribution in [3.63, 3.8) is 0 Å². The first-order chi connectivity index (χ1) is 12.0. The number of rotatable bonds is 7. The molecule has 0 unspecified atom stereocenters. The van der Waals surface area contributed by atoms with Gasteiger partial charge in [-0.15, -0.1) is 0 Å². The normalized spacial score (nSPS) is 14.3. The Morgan fingerprint density at radius 1 is 1.15 bits per heavy atom. The largest absolute Gasteiger partial charge is 0.467 e. The fourth-order valence-electron chi connectivity index (χ4n) is 1.99. The molecular weight excluding hydrogens is 355 g/mol. The summed E-state index contributed by atoms with van der Waals surface area (Å²) < 4.78 is 53.3. The summed E-state index contributed by atoms with van der Waals surface area (Å²) in [5.74, 6) is -0.952. The number of nitrogens with one attached hydrogen (secondary N) is 1. The van der Waals surface area contributed by atoms with E-state index in [-0.39, 0.29) is 6.61 Å². The van der Waals surface area contributed by atoms with E-state index in [0.29, 0.717) is 5.56 Å². The zero-order valence-corrected chi connectivity index (χ0v) is 14.9. The molecule has 0 aliphatic rings. The third-order valence-electron chi connectivity index (χ3n) is 3.57. The van der Waals surface area contributed by atoms with Crippen molar-refractivity contribution in [2.45, 2.75) is 51.3 Å². The number of esters is 1. The summed E-state index contributed by atoms with van der Waals surface area (Å²) in [6, 6.07) is 7.28. The molecule has 0 fully saturated rings. The number of ether oxygens (including phenoxy) is 3. The molecule has 1 aromatic rings. The third-order valence-corrected chi connectivity index (χ3v) is 3.57. The highest BCUT2D eigenvalue weighted by Crippen LogP contribution is 2.34. The van der Waals surface area contributed by atoms with Crippen molar-refractivity contribution in [2.75, 3.05) is 7.11 Å². The number of halogens is 3. The van der Waals surface area contributed by atoms with E-state index >= 15 is 0 Å². The summed E-state index contributed by atoms with van der Waals surface area (Å²) in [7, 11) is 1.05. The van der Waals surface area contributed by atoms with Crippen molar-refractivity contribution in [1.29, 1.82) is 0 Å². The lowest BCUT2D eigenvalue weighted by Crippen LogP contribution is -2.54. The average Bonchev–Trinajstić information content (AvgIpc) is 2.56. The molecule has 0 saturated heterocycles. The molecule has 0 aliphatic heterocycles. The molecule has 1 aromatic carbocycles. The summed E-state index contributed by atoms with van der Waals surface area (Å²) in [4.78, 5) is 23.7. The predicted octanol–water partition coefficient (Wildman–Crippen LogP) is 3.20. The highest BCUT2D eigenvalue weighted by molar-refractivity contribution is 5.81. The van der Waals surface area contributed by atoms with Gasteiger partial charge in [-0.05, 0) is 26.3 Å². The number of amides is 1. The minimum Gasteiger partial charge on any atom is -0.467 e.